The molecule has 38 heavy (non-hydrogen) atoms. The number of rotatable bonds is 9. The van der Waals surface area contributed by atoms with Gasteiger partial charge in [-0.3, -0.25) is 9.59 Å². The van der Waals surface area contributed by atoms with Crippen molar-refractivity contribution in [3.05, 3.63) is 106 Å². The quantitative estimate of drug-likeness (QED) is 0.311. The number of benzene rings is 2. The summed E-state index contributed by atoms with van der Waals surface area (Å²) in [4.78, 5) is 26.3. The predicted molar refractivity (Wildman–Crippen MR) is 151 cm³/mol. The highest BCUT2D eigenvalue weighted by Gasteiger charge is 2.36. The molecule has 0 radical (unpaired) electrons. The minimum Gasteiger partial charge on any atom is -0.468 e. The summed E-state index contributed by atoms with van der Waals surface area (Å²) >= 11 is 1.22. The number of dihydropyridines is 1. The number of aryl methyl sites for hydroxylation is 2. The molecule has 2 aromatic carbocycles. The average Bonchev–Trinajstić information content (AvgIpc) is 3.47. The van der Waals surface area contributed by atoms with Gasteiger partial charge < -0.3 is 20.4 Å². The third-order valence-corrected chi connectivity index (χ3v) is 7.38. The number of anilines is 2. The van der Waals surface area contributed by atoms with Crippen molar-refractivity contribution in [3.63, 3.8) is 0 Å². The van der Waals surface area contributed by atoms with Gasteiger partial charge in [0.2, 0.25) is 5.91 Å². The Morgan fingerprint density at radius 1 is 1.03 bits per heavy atom. The van der Waals surface area contributed by atoms with Crippen molar-refractivity contribution in [2.24, 2.45) is 0 Å². The molecule has 1 aliphatic heterocycles. The van der Waals surface area contributed by atoms with Gasteiger partial charge >= 0.3 is 0 Å². The molecule has 0 saturated carbocycles. The van der Waals surface area contributed by atoms with Gasteiger partial charge in [-0.25, -0.2) is 0 Å². The Hall–Kier alpha value is -4.22. The topological polar surface area (TPSA) is 107 Å². The lowest BCUT2D eigenvalue weighted by molar-refractivity contribution is -0.114. The molecule has 1 aromatic heterocycles. The van der Waals surface area contributed by atoms with Gasteiger partial charge in [0.25, 0.3) is 5.91 Å². The highest BCUT2D eigenvalue weighted by molar-refractivity contribution is 8.03. The van der Waals surface area contributed by atoms with Gasteiger partial charge in [-0.2, -0.15) is 5.26 Å². The van der Waals surface area contributed by atoms with Crippen molar-refractivity contribution in [1.29, 1.82) is 5.26 Å². The molecule has 1 aliphatic rings. The second kappa shape index (κ2) is 12.3. The maximum atomic E-state index is 13.5. The number of nitrogens with zero attached hydrogens (tertiary/aromatic N) is 1. The first kappa shape index (κ1) is 26.8. The number of hydrogen-bond acceptors (Lipinski definition) is 6. The molecule has 3 aromatic rings. The Labute approximate surface area is 227 Å². The Morgan fingerprint density at radius 3 is 2.45 bits per heavy atom. The zero-order valence-electron chi connectivity index (χ0n) is 21.6. The molecule has 0 aliphatic carbocycles. The molecule has 0 fully saturated rings. The van der Waals surface area contributed by atoms with Crippen LogP contribution < -0.4 is 16.0 Å². The van der Waals surface area contributed by atoms with Crippen LogP contribution in [0.25, 0.3) is 0 Å². The maximum Gasteiger partial charge on any atom is 0.254 e. The number of nitriles is 1. The van der Waals surface area contributed by atoms with Gasteiger partial charge in [0.15, 0.2) is 0 Å². The Morgan fingerprint density at radius 2 is 1.79 bits per heavy atom. The second-order valence-electron chi connectivity index (χ2n) is 8.82. The number of nitrogens with one attached hydrogen (secondary N) is 3. The van der Waals surface area contributed by atoms with Crippen LogP contribution in [0, 0.1) is 11.3 Å². The zero-order valence-corrected chi connectivity index (χ0v) is 22.4. The number of furan rings is 1. The van der Waals surface area contributed by atoms with Crippen molar-refractivity contribution in [3.8, 4) is 6.07 Å². The van der Waals surface area contributed by atoms with Gasteiger partial charge in [-0.1, -0.05) is 55.9 Å². The van der Waals surface area contributed by atoms with E-state index >= 15 is 0 Å². The fourth-order valence-electron chi connectivity index (χ4n) is 4.36. The molecule has 2 heterocycles. The first-order valence-corrected chi connectivity index (χ1v) is 13.5. The fourth-order valence-corrected chi connectivity index (χ4v) is 5.26. The van der Waals surface area contributed by atoms with Crippen LogP contribution in [0.4, 0.5) is 11.4 Å². The summed E-state index contributed by atoms with van der Waals surface area (Å²) < 4.78 is 5.68. The minimum absolute atomic E-state index is 0.0923. The lowest BCUT2D eigenvalue weighted by Crippen LogP contribution is -2.31. The smallest absolute Gasteiger partial charge is 0.254 e. The molecule has 2 amide bonds. The van der Waals surface area contributed by atoms with Gasteiger partial charge in [0, 0.05) is 17.1 Å². The normalized spacial score (nSPS) is 15.1. The molecular formula is C30H30N4O3S. The molecule has 0 bridgehead atoms. The molecule has 8 heteroatoms. The van der Waals surface area contributed by atoms with Crippen LogP contribution in [0.5, 0.6) is 0 Å². The van der Waals surface area contributed by atoms with E-state index in [9.17, 15) is 14.9 Å². The maximum absolute atomic E-state index is 13.5. The van der Waals surface area contributed by atoms with Crippen LogP contribution in [-0.2, 0) is 22.4 Å². The van der Waals surface area contributed by atoms with Gasteiger partial charge in [0.05, 0.1) is 40.2 Å². The lowest BCUT2D eigenvalue weighted by atomic mass is 9.85. The van der Waals surface area contributed by atoms with Crippen molar-refractivity contribution >= 4 is 35.0 Å². The summed E-state index contributed by atoms with van der Waals surface area (Å²) in [6, 6.07) is 21.1. The van der Waals surface area contributed by atoms with Crippen molar-refractivity contribution in [1.82, 2.24) is 5.32 Å². The molecule has 1 atom stereocenters. The molecule has 4 rings (SSSR count). The highest BCUT2D eigenvalue weighted by Crippen LogP contribution is 2.41. The SMILES string of the molecule is CCc1ccc(NC(=O)C2=C(C)NC(SCC(=O)Nc3ccccc3CC)=C(C#N)[C@@H]2c2ccco2)cc1. The molecule has 7 nitrogen and oxygen atoms in total. The molecule has 0 spiro atoms. The predicted octanol–water partition coefficient (Wildman–Crippen LogP) is 6.11. The van der Waals surface area contributed by atoms with E-state index in [-0.39, 0.29) is 17.6 Å². The lowest BCUT2D eigenvalue weighted by Gasteiger charge is -2.28. The van der Waals surface area contributed by atoms with E-state index in [1.807, 2.05) is 55.5 Å². The summed E-state index contributed by atoms with van der Waals surface area (Å²) in [5, 5.41) is 19.8. The van der Waals surface area contributed by atoms with E-state index in [1.165, 1.54) is 23.6 Å². The van der Waals surface area contributed by atoms with Crippen LogP contribution in [0.2, 0.25) is 0 Å². The summed E-state index contributed by atoms with van der Waals surface area (Å²) in [5.41, 5.74) is 4.97. The average molecular weight is 527 g/mol. The number of allylic oxidation sites excluding steroid dienone is 2. The number of thioether (sulfide) groups is 1. The summed E-state index contributed by atoms with van der Waals surface area (Å²) in [5.74, 6) is -0.649. The van der Waals surface area contributed by atoms with E-state index in [4.69, 9.17) is 4.42 Å². The van der Waals surface area contributed by atoms with E-state index in [1.54, 1.807) is 19.1 Å². The molecule has 0 saturated heterocycles. The monoisotopic (exact) mass is 526 g/mol. The van der Waals surface area contributed by atoms with Gasteiger partial charge in [-0.15, -0.1) is 0 Å². The van der Waals surface area contributed by atoms with E-state index in [0.29, 0.717) is 33.3 Å². The van der Waals surface area contributed by atoms with Crippen LogP contribution in [-0.4, -0.2) is 17.6 Å². The molecule has 3 N–H and O–H groups in total. The van der Waals surface area contributed by atoms with Crippen LogP contribution in [0.3, 0.4) is 0 Å². The van der Waals surface area contributed by atoms with Gasteiger partial charge in [0.1, 0.15) is 5.76 Å². The summed E-state index contributed by atoms with van der Waals surface area (Å²) in [7, 11) is 0. The number of para-hydroxylation sites is 1. The molecule has 194 valence electrons. The van der Waals surface area contributed by atoms with E-state index < -0.39 is 5.92 Å². The van der Waals surface area contributed by atoms with Crippen molar-refractivity contribution in [2.75, 3.05) is 16.4 Å². The Bertz CT molecular complexity index is 1420. The molecule has 0 unspecified atom stereocenters. The van der Waals surface area contributed by atoms with Crippen molar-refractivity contribution < 1.29 is 14.0 Å². The third kappa shape index (κ3) is 6.01. The minimum atomic E-state index is -0.711. The number of carbonyl (C=O) groups excluding carboxylic acids is 2. The number of carbonyl (C=O) groups is 2. The van der Waals surface area contributed by atoms with E-state index in [2.05, 4.69) is 28.9 Å². The molecular weight excluding hydrogens is 496 g/mol. The first-order chi connectivity index (χ1) is 18.4. The van der Waals surface area contributed by atoms with Crippen molar-refractivity contribution in [2.45, 2.75) is 39.5 Å². The summed E-state index contributed by atoms with van der Waals surface area (Å²) in [6.07, 6.45) is 3.23. The number of hydrogen-bond donors (Lipinski definition) is 3. The van der Waals surface area contributed by atoms with Crippen LogP contribution in [0.1, 0.15) is 43.6 Å². The third-order valence-electron chi connectivity index (χ3n) is 6.36. The van der Waals surface area contributed by atoms with Gasteiger partial charge in [-0.05, 0) is 61.2 Å². The van der Waals surface area contributed by atoms with E-state index in [0.717, 1.165) is 24.1 Å². The van der Waals surface area contributed by atoms with Crippen LogP contribution in [0.15, 0.2) is 93.2 Å². The Kier molecular flexibility index (Phi) is 8.72. The van der Waals surface area contributed by atoms with Crippen LogP contribution >= 0.6 is 11.8 Å². The summed E-state index contributed by atoms with van der Waals surface area (Å²) in [6.45, 7) is 5.90. The fraction of sp³-hybridized carbons (Fsp3) is 0.233. The first-order valence-electron chi connectivity index (χ1n) is 12.5. The highest BCUT2D eigenvalue weighted by atomic mass is 32.2. The standard InChI is InChI=1S/C30H30N4O3S/c1-4-20-12-14-22(15-13-20)33-29(36)27-19(3)32-30(23(17-31)28(27)25-11-8-16-37-25)38-18-26(35)34-24-10-7-6-9-21(24)5-2/h6-16,28,32H,4-5,18H2,1-3H3,(H,33,36)(H,34,35)/t28-/m1/s1. The second-order valence-corrected chi connectivity index (χ2v) is 9.80. The largest absolute Gasteiger partial charge is 0.468 e. The zero-order chi connectivity index (χ0) is 27.1. The number of amides is 2. The Balaban J connectivity index is 1.57.